The highest BCUT2D eigenvalue weighted by molar-refractivity contribution is 5.58. The van der Waals surface area contributed by atoms with E-state index in [1.54, 1.807) is 7.11 Å². The third kappa shape index (κ3) is 2.38. The Morgan fingerprint density at radius 3 is 2.50 bits per heavy atom. The molecule has 5 nitrogen and oxygen atoms in total. The summed E-state index contributed by atoms with van der Waals surface area (Å²) in [5.41, 5.74) is 2.46. The number of nitrogens with zero attached hydrogens (tertiary/aromatic N) is 3. The van der Waals surface area contributed by atoms with Gasteiger partial charge in [0, 0.05) is 11.3 Å². The number of aromatic nitrogens is 3. The molecule has 3 aromatic rings. The SMILES string of the molecule is COc1ccc(-c2nc(-c3cccc(C)n3)no2)cc1. The first-order valence-electron chi connectivity index (χ1n) is 6.18. The molecular weight excluding hydrogens is 254 g/mol. The highest BCUT2D eigenvalue weighted by atomic mass is 16.5. The van der Waals surface area contributed by atoms with E-state index in [2.05, 4.69) is 15.1 Å². The highest BCUT2D eigenvalue weighted by Crippen LogP contribution is 2.23. The zero-order valence-electron chi connectivity index (χ0n) is 11.2. The lowest BCUT2D eigenvalue weighted by Gasteiger charge is -1.98. The zero-order valence-corrected chi connectivity index (χ0v) is 11.2. The van der Waals surface area contributed by atoms with Crippen molar-refractivity contribution in [1.29, 1.82) is 0 Å². The fraction of sp³-hybridized carbons (Fsp3) is 0.133. The van der Waals surface area contributed by atoms with Crippen molar-refractivity contribution in [3.63, 3.8) is 0 Å². The molecule has 20 heavy (non-hydrogen) atoms. The molecule has 0 bridgehead atoms. The summed E-state index contributed by atoms with van der Waals surface area (Å²) in [5.74, 6) is 1.74. The smallest absolute Gasteiger partial charge is 0.258 e. The maximum atomic E-state index is 5.28. The number of hydrogen-bond acceptors (Lipinski definition) is 5. The Balaban J connectivity index is 1.93. The van der Waals surface area contributed by atoms with Gasteiger partial charge in [0.25, 0.3) is 5.89 Å². The van der Waals surface area contributed by atoms with Gasteiger partial charge in [0.1, 0.15) is 11.4 Å². The van der Waals surface area contributed by atoms with E-state index in [0.29, 0.717) is 17.4 Å². The Morgan fingerprint density at radius 1 is 1.00 bits per heavy atom. The van der Waals surface area contributed by atoms with Gasteiger partial charge in [0.2, 0.25) is 5.82 Å². The second-order valence-corrected chi connectivity index (χ2v) is 4.32. The summed E-state index contributed by atoms with van der Waals surface area (Å²) < 4.78 is 10.4. The summed E-state index contributed by atoms with van der Waals surface area (Å²) in [6.45, 7) is 1.92. The van der Waals surface area contributed by atoms with Gasteiger partial charge >= 0.3 is 0 Å². The van der Waals surface area contributed by atoms with Crippen LogP contribution in [0.15, 0.2) is 47.0 Å². The molecule has 0 saturated heterocycles. The number of methoxy groups -OCH3 is 1. The summed E-state index contributed by atoms with van der Waals surface area (Å²) in [7, 11) is 1.63. The van der Waals surface area contributed by atoms with Gasteiger partial charge in [0.15, 0.2) is 0 Å². The van der Waals surface area contributed by atoms with E-state index in [-0.39, 0.29) is 0 Å². The minimum atomic E-state index is 0.464. The molecule has 100 valence electrons. The second-order valence-electron chi connectivity index (χ2n) is 4.32. The van der Waals surface area contributed by atoms with Crippen LogP contribution in [0.25, 0.3) is 23.0 Å². The molecule has 0 amide bonds. The van der Waals surface area contributed by atoms with Gasteiger partial charge in [-0.25, -0.2) is 4.98 Å². The number of hydrogen-bond donors (Lipinski definition) is 0. The van der Waals surface area contributed by atoms with E-state index < -0.39 is 0 Å². The lowest BCUT2D eigenvalue weighted by molar-refractivity contribution is 0.414. The van der Waals surface area contributed by atoms with Crippen LogP contribution in [0.1, 0.15) is 5.69 Å². The molecule has 0 unspecified atom stereocenters. The zero-order chi connectivity index (χ0) is 13.9. The molecule has 0 aliphatic heterocycles. The van der Waals surface area contributed by atoms with Gasteiger partial charge in [-0.1, -0.05) is 11.2 Å². The van der Waals surface area contributed by atoms with E-state index in [9.17, 15) is 0 Å². The first-order valence-corrected chi connectivity index (χ1v) is 6.18. The monoisotopic (exact) mass is 267 g/mol. The van der Waals surface area contributed by atoms with Crippen LogP contribution in [-0.2, 0) is 0 Å². The third-order valence-electron chi connectivity index (χ3n) is 2.88. The molecule has 0 N–H and O–H groups in total. The van der Waals surface area contributed by atoms with Crippen molar-refractivity contribution >= 4 is 0 Å². The van der Waals surface area contributed by atoms with Crippen LogP contribution < -0.4 is 4.74 Å². The van der Waals surface area contributed by atoms with Crippen LogP contribution in [0.5, 0.6) is 5.75 Å². The van der Waals surface area contributed by atoms with Crippen molar-refractivity contribution in [2.75, 3.05) is 7.11 Å². The van der Waals surface area contributed by atoms with Gasteiger partial charge in [-0.05, 0) is 43.3 Å². The maximum Gasteiger partial charge on any atom is 0.258 e. The van der Waals surface area contributed by atoms with Crippen LogP contribution in [0, 0.1) is 6.92 Å². The molecular formula is C15H13N3O2. The molecule has 1 aromatic carbocycles. The molecule has 0 saturated carbocycles. The summed E-state index contributed by atoms with van der Waals surface area (Å²) in [6, 6.07) is 13.2. The third-order valence-corrected chi connectivity index (χ3v) is 2.88. The van der Waals surface area contributed by atoms with E-state index in [1.807, 2.05) is 49.4 Å². The average Bonchev–Trinajstić information content (AvgIpc) is 2.97. The normalized spacial score (nSPS) is 10.5. The first kappa shape index (κ1) is 12.3. The van der Waals surface area contributed by atoms with Crippen molar-refractivity contribution in [3.05, 3.63) is 48.2 Å². The van der Waals surface area contributed by atoms with Gasteiger partial charge < -0.3 is 9.26 Å². The van der Waals surface area contributed by atoms with E-state index in [1.165, 1.54) is 0 Å². The lowest BCUT2D eigenvalue weighted by Crippen LogP contribution is -1.88. The molecule has 0 atom stereocenters. The maximum absolute atomic E-state index is 5.28. The molecule has 0 spiro atoms. The fourth-order valence-electron chi connectivity index (χ4n) is 1.85. The number of benzene rings is 1. The molecule has 0 fully saturated rings. The Morgan fingerprint density at radius 2 is 1.80 bits per heavy atom. The molecule has 0 radical (unpaired) electrons. The Kier molecular flexibility index (Phi) is 3.16. The van der Waals surface area contributed by atoms with E-state index in [0.717, 1.165) is 17.0 Å². The van der Waals surface area contributed by atoms with Crippen molar-refractivity contribution in [2.45, 2.75) is 6.92 Å². The highest BCUT2D eigenvalue weighted by Gasteiger charge is 2.11. The minimum absolute atomic E-state index is 0.464. The van der Waals surface area contributed by atoms with Crippen LogP contribution in [0.3, 0.4) is 0 Å². The molecule has 0 aliphatic rings. The van der Waals surface area contributed by atoms with Crippen molar-refractivity contribution in [3.8, 4) is 28.7 Å². The van der Waals surface area contributed by atoms with Crippen LogP contribution in [0.4, 0.5) is 0 Å². The average molecular weight is 267 g/mol. The first-order chi connectivity index (χ1) is 9.76. The van der Waals surface area contributed by atoms with Crippen molar-refractivity contribution in [1.82, 2.24) is 15.1 Å². The summed E-state index contributed by atoms with van der Waals surface area (Å²) >= 11 is 0. The quantitative estimate of drug-likeness (QED) is 0.729. The van der Waals surface area contributed by atoms with Gasteiger partial charge in [-0.15, -0.1) is 0 Å². The summed E-state index contributed by atoms with van der Waals surface area (Å²) in [5, 5.41) is 3.97. The Hall–Kier alpha value is -2.69. The predicted molar refractivity (Wildman–Crippen MR) is 74.3 cm³/mol. The van der Waals surface area contributed by atoms with Crippen LogP contribution in [-0.4, -0.2) is 22.2 Å². The standard InChI is InChI=1S/C15H13N3O2/c1-10-4-3-5-13(16-10)14-17-15(20-18-14)11-6-8-12(19-2)9-7-11/h3-9H,1-2H3. The Labute approximate surface area is 116 Å². The molecule has 0 aliphatic carbocycles. The summed E-state index contributed by atoms with van der Waals surface area (Å²) in [4.78, 5) is 8.74. The second kappa shape index (κ2) is 5.13. The molecule has 2 heterocycles. The number of rotatable bonds is 3. The van der Waals surface area contributed by atoms with Crippen molar-refractivity contribution < 1.29 is 9.26 Å². The predicted octanol–water partition coefficient (Wildman–Crippen LogP) is 3.12. The Bertz CT molecular complexity index is 720. The van der Waals surface area contributed by atoms with Gasteiger partial charge in [-0.3, -0.25) is 0 Å². The fourth-order valence-corrected chi connectivity index (χ4v) is 1.85. The number of pyridine rings is 1. The summed E-state index contributed by atoms with van der Waals surface area (Å²) in [6.07, 6.45) is 0. The largest absolute Gasteiger partial charge is 0.497 e. The topological polar surface area (TPSA) is 61.0 Å². The van der Waals surface area contributed by atoms with E-state index in [4.69, 9.17) is 9.26 Å². The molecule has 5 heteroatoms. The molecule has 3 rings (SSSR count). The van der Waals surface area contributed by atoms with Crippen LogP contribution >= 0.6 is 0 Å². The van der Waals surface area contributed by atoms with E-state index >= 15 is 0 Å². The van der Waals surface area contributed by atoms with Crippen LogP contribution in [0.2, 0.25) is 0 Å². The van der Waals surface area contributed by atoms with Gasteiger partial charge in [0.05, 0.1) is 7.11 Å². The lowest BCUT2D eigenvalue weighted by atomic mass is 10.2. The van der Waals surface area contributed by atoms with Gasteiger partial charge in [-0.2, -0.15) is 4.98 Å². The number of aryl methyl sites for hydroxylation is 1. The minimum Gasteiger partial charge on any atom is -0.497 e. The number of ether oxygens (including phenoxy) is 1. The van der Waals surface area contributed by atoms with Crippen molar-refractivity contribution in [2.24, 2.45) is 0 Å². The molecule has 2 aromatic heterocycles.